The molecule has 0 aliphatic rings. The number of carbonyl (C=O) groups excluding carboxylic acids is 1. The molecule has 0 aliphatic carbocycles. The van der Waals surface area contributed by atoms with Gasteiger partial charge in [0, 0.05) is 51.6 Å². The van der Waals surface area contributed by atoms with Crippen molar-refractivity contribution in [3.05, 3.63) is 94.2 Å². The Morgan fingerprint density at radius 1 is 1.27 bits per heavy atom. The Labute approximate surface area is 266 Å². The summed E-state index contributed by atoms with van der Waals surface area (Å²) in [5, 5.41) is 11.7. The number of likely N-dealkylation sites (N-methyl/N-ethyl adjacent to an activating group) is 1. The average Bonchev–Trinajstić information content (AvgIpc) is 3.11. The van der Waals surface area contributed by atoms with E-state index in [-0.39, 0.29) is 24.0 Å². The quantitative estimate of drug-likeness (QED) is 0.191. The van der Waals surface area contributed by atoms with E-state index in [1.54, 1.807) is 25.1 Å². The Morgan fingerprint density at radius 2 is 2.12 bits per heavy atom. The number of nitrogens with one attached hydrogen (secondary N) is 1. The third-order valence-electron chi connectivity index (χ3n) is 5.21. The normalized spacial score (nSPS) is 17.3. The van der Waals surface area contributed by atoms with Crippen molar-refractivity contribution in [2.45, 2.75) is 26.8 Å². The lowest BCUT2D eigenvalue weighted by Gasteiger charge is -2.16. The van der Waals surface area contributed by atoms with E-state index in [1.165, 1.54) is 13.0 Å². The fourth-order valence-corrected chi connectivity index (χ4v) is 3.61. The van der Waals surface area contributed by atoms with Crippen LogP contribution in [-0.4, -0.2) is 47.9 Å². The van der Waals surface area contributed by atoms with Crippen molar-refractivity contribution in [3.8, 4) is 17.6 Å². The van der Waals surface area contributed by atoms with Crippen molar-refractivity contribution < 1.29 is 34.8 Å². The molecule has 41 heavy (non-hydrogen) atoms. The number of hydrogen-bond acceptors (Lipinski definition) is 8. The SMILES string of the molecule is [2H]/C(=C\CN(C)C)C(=O)Cc1c(OC([2H])([2H])C([2H])([2H])[2H])c([2H])c2nc([2H])c(C#N)c(Nc3c([2H])c([2H])c(OCc4nc(C)c([2H])c([2H])c4[2H])c(Cl)c3[2H])c2c1[2H]. The standard InChI is InChI=1S/C32H32ClN5O3/c1-5-40-31-17-29-27(15-22(31)14-26(39)10-7-13-38(3)4)32(23(18-34)19-35-29)37-24-11-12-30(28(33)16-24)41-20-25-9-6-8-21(2)36-25/h6-12,15-17,19H,5,13-14,20H2,1-4H3,(H,35,37)/b10-7+/i1D3,5D2,6D,8D,9D,10D,11D,12D,15D,16D,17D,19D. The number of carbonyl (C=O) groups is 1. The molecule has 2 aromatic heterocycles. The molecule has 9 heteroatoms. The number of halogens is 1. The second kappa shape index (κ2) is 13.8. The van der Waals surface area contributed by atoms with E-state index in [0.29, 0.717) is 0 Å². The number of aromatic nitrogens is 2. The number of ketones is 1. The number of anilines is 2. The molecule has 0 radical (unpaired) electrons. The predicted octanol–water partition coefficient (Wildman–Crippen LogP) is 6.41. The first-order chi connectivity index (χ1) is 25.9. The Morgan fingerprint density at radius 3 is 2.90 bits per heavy atom. The van der Waals surface area contributed by atoms with Crippen LogP contribution in [0.3, 0.4) is 0 Å². The van der Waals surface area contributed by atoms with Gasteiger partial charge in [-0.1, -0.05) is 23.7 Å². The summed E-state index contributed by atoms with van der Waals surface area (Å²) in [5.74, 6) is -2.35. The van der Waals surface area contributed by atoms with E-state index < -0.39 is 137 Å². The predicted molar refractivity (Wildman–Crippen MR) is 162 cm³/mol. The van der Waals surface area contributed by atoms with Crippen LogP contribution in [0.2, 0.25) is 5.02 Å². The van der Waals surface area contributed by atoms with Gasteiger partial charge in [-0.25, -0.2) is 0 Å². The molecule has 0 spiro atoms. The molecule has 2 heterocycles. The third-order valence-corrected chi connectivity index (χ3v) is 5.48. The van der Waals surface area contributed by atoms with Crippen LogP contribution in [0, 0.1) is 18.3 Å². The van der Waals surface area contributed by atoms with Gasteiger partial charge in [0.15, 0.2) is 5.78 Å². The lowest BCUT2D eigenvalue weighted by molar-refractivity contribution is -0.114. The molecule has 0 aliphatic heterocycles. The Kier molecular flexibility index (Phi) is 5.21. The van der Waals surface area contributed by atoms with Crippen LogP contribution in [-0.2, 0) is 17.8 Å². The van der Waals surface area contributed by atoms with Gasteiger partial charge in [-0.15, -0.1) is 0 Å². The van der Waals surface area contributed by atoms with E-state index in [9.17, 15) is 11.4 Å². The number of rotatable bonds is 12. The summed E-state index contributed by atoms with van der Waals surface area (Å²) in [6, 6.07) is -3.76. The second-order valence-electron chi connectivity index (χ2n) is 8.61. The molecular weight excluding hydrogens is 538 g/mol. The summed E-state index contributed by atoms with van der Waals surface area (Å²) in [7, 11) is 3.35. The number of fused-ring (bicyclic) bond motifs is 1. The Bertz CT molecular complexity index is 2320. The molecule has 4 rings (SSSR count). The van der Waals surface area contributed by atoms with Gasteiger partial charge >= 0.3 is 0 Å². The van der Waals surface area contributed by atoms with Crippen molar-refractivity contribution >= 4 is 39.7 Å². The van der Waals surface area contributed by atoms with Crippen LogP contribution in [0.4, 0.5) is 11.4 Å². The van der Waals surface area contributed by atoms with E-state index >= 15 is 0 Å². The molecule has 0 amide bonds. The summed E-state index contributed by atoms with van der Waals surface area (Å²) >= 11 is 6.46. The molecule has 0 saturated heterocycles. The Hall–Kier alpha value is -4.45. The number of pyridine rings is 2. The molecule has 0 unspecified atom stereocenters. The highest BCUT2D eigenvalue weighted by molar-refractivity contribution is 6.32. The minimum Gasteiger partial charge on any atom is -0.494 e. The summed E-state index contributed by atoms with van der Waals surface area (Å²) in [6.45, 7) is -5.86. The van der Waals surface area contributed by atoms with Gasteiger partial charge in [0.1, 0.15) is 24.2 Å². The maximum absolute atomic E-state index is 13.3. The molecule has 2 aromatic carbocycles. The van der Waals surface area contributed by atoms with Crippen molar-refractivity contribution in [3.63, 3.8) is 0 Å². The lowest BCUT2D eigenvalue weighted by atomic mass is 10.0. The summed E-state index contributed by atoms with van der Waals surface area (Å²) in [5.41, 5.74) is -2.83. The molecule has 1 N–H and O–H groups in total. The van der Waals surface area contributed by atoms with Gasteiger partial charge in [0.25, 0.3) is 0 Å². The van der Waals surface area contributed by atoms with Crippen molar-refractivity contribution in [1.82, 2.24) is 14.9 Å². The zero-order valence-corrected chi connectivity index (χ0v) is 22.8. The number of nitrogens with zero attached hydrogens (tertiary/aromatic N) is 4. The van der Waals surface area contributed by atoms with Gasteiger partial charge < -0.3 is 19.7 Å². The van der Waals surface area contributed by atoms with Crippen LogP contribution < -0.4 is 14.8 Å². The van der Waals surface area contributed by atoms with Gasteiger partial charge in [-0.2, -0.15) is 5.26 Å². The number of benzene rings is 2. The van der Waals surface area contributed by atoms with Crippen LogP contribution in [0.5, 0.6) is 11.5 Å². The highest BCUT2D eigenvalue weighted by Gasteiger charge is 2.16. The smallest absolute Gasteiger partial charge is 0.159 e. The van der Waals surface area contributed by atoms with E-state index in [0.717, 1.165) is 0 Å². The minimum absolute atomic E-state index is 0.0893. The third kappa shape index (κ3) is 7.82. The fraction of sp³-hybridized carbons (Fsp3) is 0.250. The van der Waals surface area contributed by atoms with E-state index in [1.807, 2.05) is 0 Å². The molecule has 0 saturated carbocycles. The number of nitriles is 1. The number of aryl methyl sites for hydroxylation is 1. The lowest BCUT2D eigenvalue weighted by Crippen LogP contribution is -2.11. The summed E-state index contributed by atoms with van der Waals surface area (Å²) in [6.07, 6.45) is -0.473. The molecule has 0 atom stereocenters. The van der Waals surface area contributed by atoms with Crippen molar-refractivity contribution in [1.29, 1.82) is 5.26 Å². The zero-order chi connectivity index (χ0) is 42.4. The van der Waals surface area contributed by atoms with Gasteiger partial charge in [0.05, 0.1) is 50.5 Å². The largest absolute Gasteiger partial charge is 0.494 e. The topological polar surface area (TPSA) is 100 Å². The first-order valence-corrected chi connectivity index (χ1v) is 12.3. The Balaban J connectivity index is 1.97. The van der Waals surface area contributed by atoms with E-state index in [2.05, 4.69) is 15.3 Å². The molecule has 0 bridgehead atoms. The first-order valence-electron chi connectivity index (χ1n) is 19.4. The number of allylic oxidation sites excluding steroid dienone is 1. The van der Waals surface area contributed by atoms with E-state index in [4.69, 9.17) is 40.3 Å². The van der Waals surface area contributed by atoms with Crippen molar-refractivity contribution in [2.75, 3.05) is 32.5 Å². The van der Waals surface area contributed by atoms with Gasteiger partial charge in [-0.05, 0) is 70.2 Å². The highest BCUT2D eigenvalue weighted by Crippen LogP contribution is 2.36. The van der Waals surface area contributed by atoms with Crippen LogP contribution in [0.1, 0.15) is 49.9 Å². The fourth-order valence-electron chi connectivity index (χ4n) is 3.41. The molecular formula is C32H32ClN5O3. The zero-order valence-electron chi connectivity index (χ0n) is 37.1. The number of hydrogen-bond donors (Lipinski definition) is 1. The monoisotopic (exact) mass is 584 g/mol. The highest BCUT2D eigenvalue weighted by atomic mass is 35.5. The molecule has 8 nitrogen and oxygen atoms in total. The van der Waals surface area contributed by atoms with Crippen LogP contribution in [0.15, 0.2) is 66.6 Å². The molecule has 4 aromatic rings. The van der Waals surface area contributed by atoms with Gasteiger partial charge in [0.2, 0.25) is 0 Å². The second-order valence-corrected chi connectivity index (χ2v) is 8.99. The maximum Gasteiger partial charge on any atom is 0.159 e. The van der Waals surface area contributed by atoms with Gasteiger partial charge in [-0.3, -0.25) is 14.8 Å². The minimum atomic E-state index is -3.49. The average molecular weight is 585 g/mol. The summed E-state index contributed by atoms with van der Waals surface area (Å²) in [4.78, 5) is 22.9. The molecule has 210 valence electrons. The first kappa shape index (κ1) is 15.5. The molecule has 0 fully saturated rings. The number of ether oxygens (including phenoxy) is 2. The van der Waals surface area contributed by atoms with Crippen LogP contribution >= 0.6 is 11.6 Å². The van der Waals surface area contributed by atoms with Crippen LogP contribution in [0.25, 0.3) is 10.9 Å². The van der Waals surface area contributed by atoms with Crippen molar-refractivity contribution in [2.24, 2.45) is 0 Å². The maximum atomic E-state index is 13.3. The summed E-state index contributed by atoms with van der Waals surface area (Å²) < 4.78 is 135.